The smallest absolute Gasteiger partial charge is 0.416 e. The first kappa shape index (κ1) is 16.0. The maximum Gasteiger partial charge on any atom is 0.416 e. The number of ether oxygens (including phenoxy) is 2. The van der Waals surface area contributed by atoms with Gasteiger partial charge in [-0.1, -0.05) is 6.07 Å². The van der Waals surface area contributed by atoms with Gasteiger partial charge >= 0.3 is 6.18 Å². The highest BCUT2D eigenvalue weighted by Gasteiger charge is 2.31. The molecule has 2 aromatic carbocycles. The fraction of sp³-hybridized carbons (Fsp3) is 0.250. The molecule has 0 aliphatic heterocycles. The summed E-state index contributed by atoms with van der Waals surface area (Å²) in [4.78, 5) is 0. The second kappa shape index (κ2) is 6.60. The van der Waals surface area contributed by atoms with Crippen molar-refractivity contribution >= 4 is 0 Å². The van der Waals surface area contributed by atoms with E-state index in [0.717, 1.165) is 12.1 Å². The molecule has 2 aromatic rings. The molecule has 0 spiro atoms. The molecule has 6 heteroatoms. The molecular formula is C16H14F3O3. The summed E-state index contributed by atoms with van der Waals surface area (Å²) in [5.74, 6) is 0.636. The highest BCUT2D eigenvalue weighted by Crippen LogP contribution is 2.33. The summed E-state index contributed by atoms with van der Waals surface area (Å²) >= 11 is 0. The lowest BCUT2D eigenvalue weighted by Gasteiger charge is -2.13. The summed E-state index contributed by atoms with van der Waals surface area (Å²) < 4.78 is 48.3. The van der Waals surface area contributed by atoms with Crippen molar-refractivity contribution in [1.29, 1.82) is 0 Å². The van der Waals surface area contributed by atoms with Gasteiger partial charge in [0.05, 0.1) is 19.3 Å². The van der Waals surface area contributed by atoms with E-state index in [4.69, 9.17) is 9.47 Å². The lowest BCUT2D eigenvalue weighted by molar-refractivity contribution is -0.137. The van der Waals surface area contributed by atoms with Crippen LogP contribution in [0.1, 0.15) is 11.1 Å². The second-order valence-corrected chi connectivity index (χ2v) is 4.55. The quantitative estimate of drug-likeness (QED) is 0.912. The van der Waals surface area contributed by atoms with Crippen LogP contribution < -0.4 is 9.47 Å². The molecule has 0 amide bonds. The van der Waals surface area contributed by atoms with Crippen LogP contribution in [0.15, 0.2) is 36.4 Å². The summed E-state index contributed by atoms with van der Waals surface area (Å²) in [6.07, 6.45) is -4.03. The van der Waals surface area contributed by atoms with Crippen molar-refractivity contribution in [2.24, 2.45) is 0 Å². The minimum Gasteiger partial charge on any atom is -0.508 e. The van der Waals surface area contributed by atoms with Crippen molar-refractivity contribution in [2.75, 3.05) is 13.7 Å². The molecule has 1 radical (unpaired) electrons. The molecule has 2 rings (SSSR count). The molecule has 0 fully saturated rings. The highest BCUT2D eigenvalue weighted by molar-refractivity contribution is 5.39. The number of hydrogen-bond acceptors (Lipinski definition) is 3. The maximum absolute atomic E-state index is 12.6. The average Bonchev–Trinajstić information content (AvgIpc) is 2.46. The van der Waals surface area contributed by atoms with Gasteiger partial charge in [0.1, 0.15) is 17.2 Å². The molecule has 0 aromatic heterocycles. The molecule has 0 unspecified atom stereocenters. The monoisotopic (exact) mass is 311 g/mol. The third-order valence-electron chi connectivity index (χ3n) is 3.00. The van der Waals surface area contributed by atoms with E-state index in [-0.39, 0.29) is 18.1 Å². The molecule has 0 saturated carbocycles. The van der Waals surface area contributed by atoms with E-state index in [1.54, 1.807) is 6.07 Å². The predicted octanol–water partition coefficient (Wildman–Crippen LogP) is 3.84. The van der Waals surface area contributed by atoms with Crippen molar-refractivity contribution in [3.63, 3.8) is 0 Å². The van der Waals surface area contributed by atoms with Crippen LogP contribution in [0.2, 0.25) is 0 Å². The van der Waals surface area contributed by atoms with Crippen LogP contribution in [0.3, 0.4) is 0 Å². The number of benzene rings is 2. The summed E-state index contributed by atoms with van der Waals surface area (Å²) in [6, 6.07) is 10.4. The normalized spacial score (nSPS) is 11.3. The first-order valence-corrected chi connectivity index (χ1v) is 6.47. The number of phenols is 1. The number of rotatable bonds is 5. The topological polar surface area (TPSA) is 38.7 Å². The zero-order chi connectivity index (χ0) is 16.2. The van der Waals surface area contributed by atoms with Gasteiger partial charge in [-0.3, -0.25) is 0 Å². The van der Waals surface area contributed by atoms with Crippen molar-refractivity contribution in [3.05, 3.63) is 53.6 Å². The number of aromatic hydroxyl groups is 1. The van der Waals surface area contributed by atoms with Crippen LogP contribution in [-0.2, 0) is 12.6 Å². The minimum atomic E-state index is -4.40. The molecule has 0 aliphatic rings. The van der Waals surface area contributed by atoms with Gasteiger partial charge < -0.3 is 14.6 Å². The summed E-state index contributed by atoms with van der Waals surface area (Å²) in [6.45, 7) is 0.235. The Balaban J connectivity index is 2.03. The van der Waals surface area contributed by atoms with Crippen LogP contribution in [0, 0.1) is 6.07 Å². The Morgan fingerprint density at radius 2 is 1.95 bits per heavy atom. The Hall–Kier alpha value is -2.37. The summed E-state index contributed by atoms with van der Waals surface area (Å²) in [5.41, 5.74) is -0.142. The van der Waals surface area contributed by atoms with Crippen LogP contribution >= 0.6 is 0 Å². The predicted molar refractivity (Wildman–Crippen MR) is 74.1 cm³/mol. The molecular weight excluding hydrogens is 297 g/mol. The third kappa shape index (κ3) is 4.07. The zero-order valence-electron chi connectivity index (χ0n) is 11.8. The Morgan fingerprint density at radius 3 is 2.59 bits per heavy atom. The fourth-order valence-corrected chi connectivity index (χ4v) is 1.93. The van der Waals surface area contributed by atoms with Gasteiger partial charge in [0.15, 0.2) is 0 Å². The summed E-state index contributed by atoms with van der Waals surface area (Å²) in [7, 11) is 1.32. The molecule has 117 valence electrons. The van der Waals surface area contributed by atoms with E-state index in [9.17, 15) is 18.3 Å². The molecule has 0 saturated heterocycles. The van der Waals surface area contributed by atoms with Crippen LogP contribution in [0.5, 0.6) is 17.2 Å². The lowest BCUT2D eigenvalue weighted by Crippen LogP contribution is -2.07. The SMILES string of the molecule is COc1cc(C(F)(F)F)ccc1CCOc1c[c]cc(O)c1. The van der Waals surface area contributed by atoms with Gasteiger partial charge in [-0.15, -0.1) is 0 Å². The van der Waals surface area contributed by atoms with Crippen LogP contribution in [-0.4, -0.2) is 18.8 Å². The van der Waals surface area contributed by atoms with Crippen molar-refractivity contribution < 1.29 is 27.8 Å². The molecule has 22 heavy (non-hydrogen) atoms. The Kier molecular flexibility index (Phi) is 4.80. The molecule has 0 bridgehead atoms. The van der Waals surface area contributed by atoms with E-state index in [0.29, 0.717) is 17.7 Å². The van der Waals surface area contributed by atoms with E-state index in [1.165, 1.54) is 25.3 Å². The van der Waals surface area contributed by atoms with Gasteiger partial charge in [0.2, 0.25) is 0 Å². The molecule has 0 atom stereocenters. The number of halogens is 3. The highest BCUT2D eigenvalue weighted by atomic mass is 19.4. The largest absolute Gasteiger partial charge is 0.508 e. The van der Waals surface area contributed by atoms with Gasteiger partial charge in [0.25, 0.3) is 0 Å². The Bertz CT molecular complexity index is 639. The first-order chi connectivity index (χ1) is 10.4. The zero-order valence-corrected chi connectivity index (χ0v) is 11.8. The molecule has 1 N–H and O–H groups in total. The van der Waals surface area contributed by atoms with Crippen LogP contribution in [0.4, 0.5) is 13.2 Å². The number of hydrogen-bond donors (Lipinski definition) is 1. The maximum atomic E-state index is 12.6. The van der Waals surface area contributed by atoms with Gasteiger partial charge in [-0.25, -0.2) is 0 Å². The van der Waals surface area contributed by atoms with E-state index >= 15 is 0 Å². The standard InChI is InChI=1S/C16H14F3O3/c1-21-15-9-12(16(17,18)19)6-5-11(15)7-8-22-14-4-2-3-13(20)10-14/h3-6,9-10,20H,7-8H2,1H3. The third-order valence-corrected chi connectivity index (χ3v) is 3.00. The molecule has 0 heterocycles. The number of methoxy groups -OCH3 is 1. The molecule has 0 aliphatic carbocycles. The Labute approximate surface area is 125 Å². The Morgan fingerprint density at radius 1 is 1.18 bits per heavy atom. The van der Waals surface area contributed by atoms with Gasteiger partial charge in [-0.2, -0.15) is 13.2 Å². The van der Waals surface area contributed by atoms with Gasteiger partial charge in [-0.05, 0) is 35.9 Å². The van der Waals surface area contributed by atoms with Crippen molar-refractivity contribution in [2.45, 2.75) is 12.6 Å². The molecule has 3 nitrogen and oxygen atoms in total. The van der Waals surface area contributed by atoms with E-state index in [2.05, 4.69) is 6.07 Å². The van der Waals surface area contributed by atoms with Gasteiger partial charge in [0, 0.05) is 12.5 Å². The van der Waals surface area contributed by atoms with E-state index in [1.807, 2.05) is 0 Å². The minimum absolute atomic E-state index is 0.0320. The van der Waals surface area contributed by atoms with E-state index < -0.39 is 11.7 Å². The second-order valence-electron chi connectivity index (χ2n) is 4.55. The number of alkyl halides is 3. The van der Waals surface area contributed by atoms with Crippen LogP contribution in [0.25, 0.3) is 0 Å². The average molecular weight is 311 g/mol. The van der Waals surface area contributed by atoms with Crippen molar-refractivity contribution in [3.8, 4) is 17.2 Å². The fourth-order valence-electron chi connectivity index (χ4n) is 1.93. The van der Waals surface area contributed by atoms with Crippen molar-refractivity contribution in [1.82, 2.24) is 0 Å². The summed E-state index contributed by atoms with van der Waals surface area (Å²) in [5, 5.41) is 9.28. The number of phenolic OH excluding ortho intramolecular Hbond substituents is 1. The first-order valence-electron chi connectivity index (χ1n) is 6.47. The lowest BCUT2D eigenvalue weighted by atomic mass is 10.1.